The van der Waals surface area contributed by atoms with E-state index in [1.165, 1.54) is 25.5 Å². The van der Waals surface area contributed by atoms with Crippen molar-refractivity contribution in [3.8, 4) is 0 Å². The Bertz CT molecular complexity index is 222. The Morgan fingerprint density at radius 2 is 1.69 bits per heavy atom. The van der Waals surface area contributed by atoms with Crippen LogP contribution in [0.15, 0.2) is 0 Å². The van der Waals surface area contributed by atoms with E-state index in [-0.39, 0.29) is 12.4 Å². The van der Waals surface area contributed by atoms with Crippen LogP contribution in [-0.2, 0) is 9.84 Å². The van der Waals surface area contributed by atoms with E-state index in [0.29, 0.717) is 5.75 Å². The molecule has 0 unspecified atom stereocenters. The highest BCUT2D eigenvalue weighted by molar-refractivity contribution is 7.90. The SMILES string of the molecule is CS(=O)(=O)CCN1CCCCC1.Cl. The second-order valence-electron chi connectivity index (χ2n) is 3.53. The topological polar surface area (TPSA) is 37.4 Å². The van der Waals surface area contributed by atoms with E-state index in [2.05, 4.69) is 4.90 Å². The quantitative estimate of drug-likeness (QED) is 0.720. The second-order valence-corrected chi connectivity index (χ2v) is 5.79. The molecule has 0 aliphatic carbocycles. The van der Waals surface area contributed by atoms with Gasteiger partial charge in [0.15, 0.2) is 0 Å². The first-order valence-electron chi connectivity index (χ1n) is 4.48. The maximum atomic E-state index is 10.8. The number of halogens is 1. The molecule has 1 aliphatic heterocycles. The van der Waals surface area contributed by atoms with Gasteiger partial charge < -0.3 is 4.90 Å². The van der Waals surface area contributed by atoms with E-state index < -0.39 is 9.84 Å². The van der Waals surface area contributed by atoms with Gasteiger partial charge in [-0.3, -0.25) is 0 Å². The molecule has 0 saturated carbocycles. The molecule has 0 aromatic carbocycles. The summed E-state index contributed by atoms with van der Waals surface area (Å²) in [7, 11) is -2.77. The summed E-state index contributed by atoms with van der Waals surface area (Å²) in [4.78, 5) is 2.24. The fourth-order valence-electron chi connectivity index (χ4n) is 1.48. The average molecular weight is 228 g/mol. The molecule has 0 aromatic heterocycles. The smallest absolute Gasteiger partial charge is 0.148 e. The third-order valence-electron chi connectivity index (χ3n) is 2.23. The molecule has 0 atom stereocenters. The lowest BCUT2D eigenvalue weighted by atomic mass is 10.1. The summed E-state index contributed by atoms with van der Waals surface area (Å²) in [6, 6.07) is 0. The minimum atomic E-state index is -2.77. The summed E-state index contributed by atoms with van der Waals surface area (Å²) in [6.07, 6.45) is 5.06. The lowest BCUT2D eigenvalue weighted by molar-refractivity contribution is 0.241. The molecule has 1 fully saturated rings. The van der Waals surface area contributed by atoms with Crippen molar-refractivity contribution in [3.05, 3.63) is 0 Å². The summed E-state index contributed by atoms with van der Waals surface area (Å²) in [5, 5.41) is 0. The fourth-order valence-corrected chi connectivity index (χ4v) is 2.07. The zero-order valence-electron chi connectivity index (χ0n) is 8.03. The molecule has 1 rings (SSSR count). The van der Waals surface area contributed by atoms with Crippen molar-refractivity contribution in [3.63, 3.8) is 0 Å². The Morgan fingerprint density at radius 1 is 1.15 bits per heavy atom. The molecule has 3 nitrogen and oxygen atoms in total. The van der Waals surface area contributed by atoms with Crippen LogP contribution in [-0.4, -0.2) is 45.0 Å². The summed E-state index contributed by atoms with van der Waals surface area (Å²) in [5.41, 5.74) is 0. The van der Waals surface area contributed by atoms with Gasteiger partial charge in [0.25, 0.3) is 0 Å². The molecule has 0 spiro atoms. The lowest BCUT2D eigenvalue weighted by Crippen LogP contribution is -2.33. The first-order chi connectivity index (χ1) is 5.58. The van der Waals surface area contributed by atoms with E-state index in [1.54, 1.807) is 0 Å². The summed E-state index contributed by atoms with van der Waals surface area (Å²) >= 11 is 0. The van der Waals surface area contributed by atoms with Crippen LogP contribution in [0, 0.1) is 0 Å². The van der Waals surface area contributed by atoms with Gasteiger partial charge in [-0.05, 0) is 25.9 Å². The highest BCUT2D eigenvalue weighted by atomic mass is 35.5. The number of hydrogen-bond acceptors (Lipinski definition) is 3. The maximum Gasteiger partial charge on any atom is 0.148 e. The predicted octanol–water partition coefficient (Wildman–Crippen LogP) is 0.939. The Morgan fingerprint density at radius 3 is 2.15 bits per heavy atom. The highest BCUT2D eigenvalue weighted by Gasteiger charge is 2.11. The van der Waals surface area contributed by atoms with Crippen LogP contribution in [0.2, 0.25) is 0 Å². The summed E-state index contributed by atoms with van der Waals surface area (Å²) in [5.74, 6) is 0.312. The fraction of sp³-hybridized carbons (Fsp3) is 1.00. The Labute approximate surface area is 86.8 Å². The Hall–Kier alpha value is 0.200. The first kappa shape index (κ1) is 13.2. The molecule has 0 aromatic rings. The second kappa shape index (κ2) is 5.83. The van der Waals surface area contributed by atoms with E-state index in [4.69, 9.17) is 0 Å². The van der Waals surface area contributed by atoms with E-state index in [1.807, 2.05) is 0 Å². The number of rotatable bonds is 3. The van der Waals surface area contributed by atoms with E-state index in [9.17, 15) is 8.42 Å². The van der Waals surface area contributed by atoms with Crippen molar-refractivity contribution in [2.75, 3.05) is 31.6 Å². The van der Waals surface area contributed by atoms with Crippen molar-refractivity contribution in [2.24, 2.45) is 0 Å². The number of nitrogens with zero attached hydrogens (tertiary/aromatic N) is 1. The third kappa shape index (κ3) is 6.29. The van der Waals surface area contributed by atoms with Gasteiger partial charge in [0.05, 0.1) is 5.75 Å². The molecule has 80 valence electrons. The van der Waals surface area contributed by atoms with Gasteiger partial charge in [0.1, 0.15) is 9.84 Å². The molecular weight excluding hydrogens is 210 g/mol. The van der Waals surface area contributed by atoms with Gasteiger partial charge >= 0.3 is 0 Å². The largest absolute Gasteiger partial charge is 0.302 e. The van der Waals surface area contributed by atoms with E-state index in [0.717, 1.165) is 19.6 Å². The standard InChI is InChI=1S/C8H17NO2S.ClH/c1-12(10,11)8-7-9-5-3-2-4-6-9;/h2-8H2,1H3;1H. The maximum absolute atomic E-state index is 10.8. The normalized spacial score (nSPS) is 19.5. The highest BCUT2D eigenvalue weighted by Crippen LogP contribution is 2.07. The minimum absolute atomic E-state index is 0. The zero-order valence-corrected chi connectivity index (χ0v) is 9.66. The minimum Gasteiger partial charge on any atom is -0.302 e. The van der Waals surface area contributed by atoms with Crippen molar-refractivity contribution in [2.45, 2.75) is 19.3 Å². The zero-order chi connectivity index (χ0) is 9.03. The predicted molar refractivity (Wildman–Crippen MR) is 57.2 cm³/mol. The van der Waals surface area contributed by atoms with Crippen molar-refractivity contribution in [1.82, 2.24) is 4.90 Å². The van der Waals surface area contributed by atoms with Gasteiger partial charge in [-0.2, -0.15) is 0 Å². The van der Waals surface area contributed by atoms with Crippen LogP contribution >= 0.6 is 12.4 Å². The third-order valence-corrected chi connectivity index (χ3v) is 3.15. The number of hydrogen-bond donors (Lipinski definition) is 0. The molecule has 1 heterocycles. The number of piperidine rings is 1. The molecule has 0 bridgehead atoms. The van der Waals surface area contributed by atoms with Crippen LogP contribution < -0.4 is 0 Å². The molecule has 1 aliphatic rings. The van der Waals surface area contributed by atoms with Crippen molar-refractivity contribution in [1.29, 1.82) is 0 Å². The van der Waals surface area contributed by atoms with Crippen molar-refractivity contribution >= 4 is 22.2 Å². The average Bonchev–Trinajstić information content (AvgIpc) is 2.02. The van der Waals surface area contributed by atoms with Crippen LogP contribution in [0.25, 0.3) is 0 Å². The van der Waals surface area contributed by atoms with Gasteiger partial charge in [0, 0.05) is 12.8 Å². The van der Waals surface area contributed by atoms with Crippen LogP contribution in [0.1, 0.15) is 19.3 Å². The molecule has 5 heteroatoms. The lowest BCUT2D eigenvalue weighted by Gasteiger charge is -2.25. The monoisotopic (exact) mass is 227 g/mol. The molecule has 0 N–H and O–H groups in total. The van der Waals surface area contributed by atoms with Gasteiger partial charge in [-0.1, -0.05) is 6.42 Å². The van der Waals surface area contributed by atoms with Crippen LogP contribution in [0.3, 0.4) is 0 Å². The van der Waals surface area contributed by atoms with Gasteiger partial charge in [0.2, 0.25) is 0 Å². The Balaban J connectivity index is 0.00000144. The van der Waals surface area contributed by atoms with Gasteiger partial charge in [-0.25, -0.2) is 8.42 Å². The molecular formula is C8H18ClNO2S. The molecule has 1 saturated heterocycles. The summed E-state index contributed by atoms with van der Waals surface area (Å²) < 4.78 is 21.7. The molecule has 13 heavy (non-hydrogen) atoms. The number of sulfone groups is 1. The van der Waals surface area contributed by atoms with Crippen LogP contribution in [0.5, 0.6) is 0 Å². The molecule has 0 amide bonds. The Kier molecular flexibility index (Phi) is 5.92. The first-order valence-corrected chi connectivity index (χ1v) is 6.54. The summed E-state index contributed by atoms with van der Waals surface area (Å²) in [6.45, 7) is 2.88. The molecule has 0 radical (unpaired) electrons. The number of likely N-dealkylation sites (tertiary alicyclic amines) is 1. The van der Waals surface area contributed by atoms with Crippen LogP contribution in [0.4, 0.5) is 0 Å². The van der Waals surface area contributed by atoms with Gasteiger partial charge in [-0.15, -0.1) is 12.4 Å². The van der Waals surface area contributed by atoms with E-state index >= 15 is 0 Å². The van der Waals surface area contributed by atoms with Crippen molar-refractivity contribution < 1.29 is 8.42 Å².